The summed E-state index contributed by atoms with van der Waals surface area (Å²) in [5.74, 6) is 0.861. The van der Waals surface area contributed by atoms with E-state index in [0.29, 0.717) is 6.26 Å². The quantitative estimate of drug-likeness (QED) is 0.119. The Morgan fingerprint density at radius 1 is 0.556 bits per heavy atom. The van der Waals surface area contributed by atoms with Crippen LogP contribution >= 0.6 is 0 Å². The van der Waals surface area contributed by atoms with Gasteiger partial charge in [0.1, 0.15) is 6.26 Å². The summed E-state index contributed by atoms with van der Waals surface area (Å²) in [6.45, 7) is 4.66. The first-order valence-electron chi connectivity index (χ1n) is 18.8. The van der Waals surface area contributed by atoms with Crippen molar-refractivity contribution < 1.29 is 31.4 Å². The standard InChI is InChI=1S/C11H22.C10H15F3O.C9H18.C8H12F2O/c1-2-3-5-8-11-9-6-4-7-10-11;11-9(10(12)13)6-7-14-8-4-2-1-3-5-8;1-2-6-9-7-4-3-5-8-9;9-8(10)6-11-7-4-2-1-3-5-7/h11H,2-10H2,1H3;8H,1-7H2;9H,2-8H2,1H3;6-7H,1-5H2. The molecular formula is C38H67F5O2. The van der Waals surface area contributed by atoms with E-state index in [-0.39, 0.29) is 25.2 Å². The van der Waals surface area contributed by atoms with Gasteiger partial charge in [0.05, 0.1) is 18.8 Å². The summed E-state index contributed by atoms with van der Waals surface area (Å²) >= 11 is 0. The Morgan fingerprint density at radius 3 is 1.47 bits per heavy atom. The summed E-state index contributed by atoms with van der Waals surface area (Å²) in [5.41, 5.74) is 0. The zero-order valence-electron chi connectivity index (χ0n) is 28.9. The molecule has 0 radical (unpaired) electrons. The van der Waals surface area contributed by atoms with Gasteiger partial charge in [-0.2, -0.15) is 17.6 Å². The van der Waals surface area contributed by atoms with Gasteiger partial charge in [-0.25, -0.2) is 4.39 Å². The van der Waals surface area contributed by atoms with Gasteiger partial charge in [0.15, 0.2) is 5.83 Å². The van der Waals surface area contributed by atoms with Crippen LogP contribution < -0.4 is 0 Å². The van der Waals surface area contributed by atoms with Crippen molar-refractivity contribution in [3.8, 4) is 0 Å². The second kappa shape index (κ2) is 29.1. The molecule has 0 N–H and O–H groups in total. The minimum atomic E-state index is -2.22. The average Bonchev–Trinajstić information content (AvgIpc) is 3.07. The first-order chi connectivity index (χ1) is 21.8. The van der Waals surface area contributed by atoms with E-state index in [1.54, 1.807) is 0 Å². The zero-order chi connectivity index (χ0) is 33.0. The van der Waals surface area contributed by atoms with Crippen LogP contribution in [0, 0.1) is 11.8 Å². The molecule has 4 aliphatic carbocycles. The molecule has 4 rings (SSSR count). The molecule has 0 saturated heterocycles. The van der Waals surface area contributed by atoms with Crippen molar-refractivity contribution >= 4 is 0 Å². The van der Waals surface area contributed by atoms with E-state index >= 15 is 0 Å². The van der Waals surface area contributed by atoms with Crippen LogP contribution in [0.15, 0.2) is 24.3 Å². The number of ether oxygens (including phenoxy) is 2. The highest BCUT2D eigenvalue weighted by Gasteiger charge is 2.15. The minimum absolute atomic E-state index is 0.0326. The summed E-state index contributed by atoms with van der Waals surface area (Å²) < 4.78 is 68.8. The lowest BCUT2D eigenvalue weighted by molar-refractivity contribution is 0.0279. The number of unbranched alkanes of at least 4 members (excludes halogenated alkanes) is 2. The lowest BCUT2D eigenvalue weighted by Gasteiger charge is -2.21. The first-order valence-corrected chi connectivity index (χ1v) is 18.8. The van der Waals surface area contributed by atoms with E-state index < -0.39 is 18.0 Å². The third-order valence-electron chi connectivity index (χ3n) is 9.70. The maximum absolute atomic E-state index is 12.3. The summed E-state index contributed by atoms with van der Waals surface area (Å²) in [4.78, 5) is 0. The molecule has 7 heteroatoms. The third kappa shape index (κ3) is 24.7. The van der Waals surface area contributed by atoms with Crippen LogP contribution in [0.3, 0.4) is 0 Å². The van der Waals surface area contributed by atoms with Gasteiger partial charge in [-0.3, -0.25) is 0 Å². The van der Waals surface area contributed by atoms with Gasteiger partial charge in [0.25, 0.3) is 0 Å². The predicted octanol–water partition coefficient (Wildman–Crippen LogP) is 14.4. The Kier molecular flexibility index (Phi) is 27.1. The highest BCUT2D eigenvalue weighted by Crippen LogP contribution is 2.28. The summed E-state index contributed by atoms with van der Waals surface area (Å²) in [6, 6.07) is 0. The fourth-order valence-electron chi connectivity index (χ4n) is 7.03. The topological polar surface area (TPSA) is 18.5 Å². The van der Waals surface area contributed by atoms with Crippen LogP contribution in [-0.4, -0.2) is 18.8 Å². The fraction of sp³-hybridized carbons (Fsp3) is 0.895. The van der Waals surface area contributed by atoms with Crippen LogP contribution in [0.1, 0.15) is 187 Å². The number of rotatable bonds is 12. The Morgan fingerprint density at radius 2 is 1.02 bits per heavy atom. The van der Waals surface area contributed by atoms with Crippen molar-refractivity contribution in [2.45, 2.75) is 199 Å². The minimum Gasteiger partial charge on any atom is -0.492 e. The van der Waals surface area contributed by atoms with E-state index in [1.165, 1.54) is 116 Å². The molecule has 45 heavy (non-hydrogen) atoms. The molecule has 4 aliphatic rings. The van der Waals surface area contributed by atoms with Crippen LogP contribution in [0.4, 0.5) is 22.0 Å². The number of hydrogen-bond acceptors (Lipinski definition) is 2. The average molecular weight is 651 g/mol. The highest BCUT2D eigenvalue weighted by molar-refractivity contribution is 4.91. The molecule has 0 bridgehead atoms. The molecule has 0 heterocycles. The van der Waals surface area contributed by atoms with E-state index in [2.05, 4.69) is 13.8 Å². The van der Waals surface area contributed by atoms with Crippen LogP contribution in [0.5, 0.6) is 0 Å². The Bertz CT molecular complexity index is 709. The maximum Gasteiger partial charge on any atom is 0.304 e. The monoisotopic (exact) mass is 651 g/mol. The van der Waals surface area contributed by atoms with Crippen molar-refractivity contribution in [2.75, 3.05) is 6.61 Å². The largest absolute Gasteiger partial charge is 0.492 e. The van der Waals surface area contributed by atoms with Crippen LogP contribution in [-0.2, 0) is 9.47 Å². The zero-order valence-corrected chi connectivity index (χ0v) is 28.9. The maximum atomic E-state index is 12.3. The Hall–Kier alpha value is -1.11. The molecule has 4 saturated carbocycles. The van der Waals surface area contributed by atoms with Gasteiger partial charge in [0, 0.05) is 6.42 Å². The van der Waals surface area contributed by atoms with Gasteiger partial charge >= 0.3 is 12.2 Å². The number of hydrogen-bond donors (Lipinski definition) is 0. The third-order valence-corrected chi connectivity index (χ3v) is 9.70. The predicted molar refractivity (Wildman–Crippen MR) is 178 cm³/mol. The summed E-state index contributed by atoms with van der Waals surface area (Å²) in [7, 11) is 0. The molecule has 2 nitrogen and oxygen atoms in total. The fourth-order valence-corrected chi connectivity index (χ4v) is 7.03. The molecule has 0 aromatic rings. The molecule has 0 spiro atoms. The van der Waals surface area contributed by atoms with Crippen molar-refractivity contribution in [3.05, 3.63) is 24.3 Å². The van der Waals surface area contributed by atoms with Gasteiger partial charge in [-0.1, -0.05) is 142 Å². The van der Waals surface area contributed by atoms with E-state index in [4.69, 9.17) is 9.47 Å². The number of halogens is 5. The SMILES string of the molecule is CCCC1CCCCC1.CCCCCC1CCCCC1.FC(F)=C(F)CCOC1CCCCC1.FC(F)=COC1CCCCC1. The smallest absolute Gasteiger partial charge is 0.304 e. The molecule has 0 atom stereocenters. The lowest BCUT2D eigenvalue weighted by atomic mass is 9.86. The second-order valence-electron chi connectivity index (χ2n) is 13.6. The molecule has 0 amide bonds. The molecule has 0 aromatic carbocycles. The van der Waals surface area contributed by atoms with Crippen LogP contribution in [0.2, 0.25) is 0 Å². The van der Waals surface area contributed by atoms with E-state index in [0.717, 1.165) is 63.2 Å². The van der Waals surface area contributed by atoms with Crippen molar-refractivity contribution in [3.63, 3.8) is 0 Å². The molecule has 0 aliphatic heterocycles. The molecular weight excluding hydrogens is 583 g/mol. The van der Waals surface area contributed by atoms with E-state index in [1.807, 2.05) is 0 Å². The van der Waals surface area contributed by atoms with Gasteiger partial charge in [-0.15, -0.1) is 0 Å². The summed E-state index contributed by atoms with van der Waals surface area (Å²) in [6.07, 6.45) is 31.0. The summed E-state index contributed by atoms with van der Waals surface area (Å²) in [5, 5.41) is 0. The molecule has 266 valence electrons. The molecule has 4 fully saturated rings. The first kappa shape index (κ1) is 41.9. The van der Waals surface area contributed by atoms with Crippen molar-refractivity contribution in [1.29, 1.82) is 0 Å². The van der Waals surface area contributed by atoms with Crippen LogP contribution in [0.25, 0.3) is 0 Å². The second-order valence-corrected chi connectivity index (χ2v) is 13.6. The van der Waals surface area contributed by atoms with Gasteiger partial charge in [0.2, 0.25) is 0 Å². The van der Waals surface area contributed by atoms with Gasteiger partial charge < -0.3 is 9.47 Å². The Balaban J connectivity index is 0.000000303. The normalized spacial score (nSPS) is 19.9. The highest BCUT2D eigenvalue weighted by atomic mass is 19.3. The van der Waals surface area contributed by atoms with Gasteiger partial charge in [-0.05, 0) is 50.4 Å². The lowest BCUT2D eigenvalue weighted by Crippen LogP contribution is -2.17. The van der Waals surface area contributed by atoms with Crippen molar-refractivity contribution in [1.82, 2.24) is 0 Å². The molecule has 0 unspecified atom stereocenters. The molecule has 0 aromatic heterocycles. The van der Waals surface area contributed by atoms with Crippen molar-refractivity contribution in [2.24, 2.45) is 11.8 Å². The van der Waals surface area contributed by atoms with E-state index in [9.17, 15) is 22.0 Å². The Labute approximate surface area is 273 Å².